The predicted molar refractivity (Wildman–Crippen MR) is 84.4 cm³/mol. The summed E-state index contributed by atoms with van der Waals surface area (Å²) in [6.07, 6.45) is 0. The van der Waals surface area contributed by atoms with Crippen LogP contribution in [-0.4, -0.2) is 25.5 Å². The van der Waals surface area contributed by atoms with Crippen molar-refractivity contribution < 1.29 is 4.79 Å². The molecule has 0 radical (unpaired) electrons. The first-order chi connectivity index (χ1) is 10.4. The van der Waals surface area contributed by atoms with Gasteiger partial charge in [0.25, 0.3) is 11.7 Å². The second-order valence-electron chi connectivity index (χ2n) is 5.10. The lowest BCUT2D eigenvalue weighted by Crippen LogP contribution is -2.14. The summed E-state index contributed by atoms with van der Waals surface area (Å²) in [6.45, 7) is 5.65. The number of hydrogen-bond donors (Lipinski definition) is 1. The van der Waals surface area contributed by atoms with E-state index in [-0.39, 0.29) is 5.82 Å². The molecule has 2 heterocycles. The molecule has 7 heteroatoms. The average molecular weight is 316 g/mol. The van der Waals surface area contributed by atoms with Crippen molar-refractivity contribution >= 4 is 29.0 Å². The van der Waals surface area contributed by atoms with Crippen molar-refractivity contribution in [3.63, 3.8) is 0 Å². The molecule has 0 atom stereocenters. The van der Waals surface area contributed by atoms with Crippen LogP contribution in [0.1, 0.15) is 27.6 Å². The van der Waals surface area contributed by atoms with Crippen LogP contribution in [0.5, 0.6) is 0 Å². The lowest BCUT2D eigenvalue weighted by molar-refractivity contribution is 0.101. The Hall–Kier alpha value is -2.47. The van der Waals surface area contributed by atoms with Gasteiger partial charge >= 0.3 is 0 Å². The van der Waals surface area contributed by atoms with Crippen molar-refractivity contribution in [2.24, 2.45) is 0 Å². The van der Waals surface area contributed by atoms with Crippen LogP contribution in [0.2, 0.25) is 5.02 Å². The molecular formula is C15H14ClN5O. The van der Waals surface area contributed by atoms with Crippen molar-refractivity contribution in [3.8, 4) is 0 Å². The van der Waals surface area contributed by atoms with Crippen molar-refractivity contribution in [1.82, 2.24) is 19.6 Å². The van der Waals surface area contributed by atoms with Gasteiger partial charge in [-0.1, -0.05) is 17.7 Å². The van der Waals surface area contributed by atoms with Gasteiger partial charge in [-0.25, -0.2) is 9.50 Å². The Morgan fingerprint density at radius 2 is 1.95 bits per heavy atom. The van der Waals surface area contributed by atoms with E-state index in [1.165, 1.54) is 0 Å². The van der Waals surface area contributed by atoms with E-state index in [0.29, 0.717) is 16.5 Å². The zero-order valence-electron chi connectivity index (χ0n) is 12.4. The van der Waals surface area contributed by atoms with Crippen LogP contribution in [0.25, 0.3) is 5.78 Å². The first-order valence-corrected chi connectivity index (χ1v) is 7.10. The molecule has 0 aliphatic rings. The summed E-state index contributed by atoms with van der Waals surface area (Å²) in [5.74, 6) is 0.0740. The number of aromatic nitrogens is 4. The standard InChI is InChI=1S/C15H14ClN5O/c1-8-4-5-11(7-12(8)16)18-14(22)13-19-15-17-9(2)6-10(3)21(15)20-13/h4-7H,1-3H3,(H,18,22). The number of rotatable bonds is 2. The number of benzene rings is 1. The SMILES string of the molecule is Cc1cc(C)n2nc(C(=O)Nc3ccc(C)c(Cl)c3)nc2n1. The molecule has 0 spiro atoms. The fourth-order valence-electron chi connectivity index (χ4n) is 2.12. The molecule has 1 amide bonds. The first kappa shape index (κ1) is 14.5. The summed E-state index contributed by atoms with van der Waals surface area (Å²) in [7, 11) is 0. The van der Waals surface area contributed by atoms with Crippen LogP contribution < -0.4 is 5.32 Å². The Balaban J connectivity index is 1.91. The van der Waals surface area contributed by atoms with Gasteiger partial charge in [0.2, 0.25) is 5.82 Å². The summed E-state index contributed by atoms with van der Waals surface area (Å²) in [5.41, 5.74) is 3.24. The molecule has 112 valence electrons. The number of aryl methyl sites for hydroxylation is 3. The normalized spacial score (nSPS) is 10.9. The third kappa shape index (κ3) is 2.65. The number of hydrogen-bond acceptors (Lipinski definition) is 4. The zero-order valence-corrected chi connectivity index (χ0v) is 13.1. The Bertz CT molecular complexity index is 887. The molecule has 0 aliphatic heterocycles. The number of fused-ring (bicyclic) bond motifs is 1. The van der Waals surface area contributed by atoms with Crippen LogP contribution in [0, 0.1) is 20.8 Å². The quantitative estimate of drug-likeness (QED) is 0.789. The summed E-state index contributed by atoms with van der Waals surface area (Å²) >= 11 is 6.05. The van der Waals surface area contributed by atoms with Gasteiger partial charge in [0.15, 0.2) is 0 Å². The Kier molecular flexibility index (Phi) is 3.54. The van der Waals surface area contributed by atoms with Gasteiger partial charge in [-0.3, -0.25) is 4.79 Å². The molecule has 0 saturated heterocycles. The van der Waals surface area contributed by atoms with Crippen LogP contribution in [0.3, 0.4) is 0 Å². The number of carbonyl (C=O) groups excluding carboxylic acids is 1. The smallest absolute Gasteiger partial charge is 0.295 e. The highest BCUT2D eigenvalue weighted by molar-refractivity contribution is 6.31. The van der Waals surface area contributed by atoms with Gasteiger partial charge in [0, 0.05) is 22.1 Å². The second-order valence-corrected chi connectivity index (χ2v) is 5.51. The molecule has 2 aromatic heterocycles. The second kappa shape index (κ2) is 5.38. The van der Waals surface area contributed by atoms with E-state index in [1.54, 1.807) is 16.6 Å². The van der Waals surface area contributed by atoms with E-state index in [9.17, 15) is 4.79 Å². The van der Waals surface area contributed by atoms with E-state index < -0.39 is 5.91 Å². The predicted octanol–water partition coefficient (Wildman–Crippen LogP) is 2.96. The van der Waals surface area contributed by atoms with Crippen molar-refractivity contribution in [3.05, 3.63) is 52.1 Å². The highest BCUT2D eigenvalue weighted by atomic mass is 35.5. The molecule has 0 bridgehead atoms. The monoisotopic (exact) mass is 315 g/mol. The third-order valence-electron chi connectivity index (χ3n) is 3.25. The van der Waals surface area contributed by atoms with Crippen LogP contribution in [0.15, 0.2) is 24.3 Å². The maximum atomic E-state index is 12.3. The molecule has 0 saturated carbocycles. The molecule has 0 aliphatic carbocycles. The number of carbonyl (C=O) groups is 1. The molecule has 1 N–H and O–H groups in total. The maximum absolute atomic E-state index is 12.3. The number of amides is 1. The molecule has 0 unspecified atom stereocenters. The maximum Gasteiger partial charge on any atom is 0.295 e. The summed E-state index contributed by atoms with van der Waals surface area (Å²) < 4.78 is 1.55. The molecule has 22 heavy (non-hydrogen) atoms. The summed E-state index contributed by atoms with van der Waals surface area (Å²) in [5, 5.41) is 7.51. The zero-order chi connectivity index (χ0) is 15.9. The van der Waals surface area contributed by atoms with Crippen LogP contribution >= 0.6 is 11.6 Å². The van der Waals surface area contributed by atoms with Gasteiger partial charge < -0.3 is 5.32 Å². The van der Waals surface area contributed by atoms with Gasteiger partial charge in [-0.05, 0) is 44.5 Å². The Morgan fingerprint density at radius 1 is 1.18 bits per heavy atom. The number of halogens is 1. The number of anilines is 1. The van der Waals surface area contributed by atoms with Crippen LogP contribution in [-0.2, 0) is 0 Å². The minimum absolute atomic E-state index is 0.0675. The summed E-state index contributed by atoms with van der Waals surface area (Å²) in [6, 6.07) is 7.19. The molecule has 0 fully saturated rings. The van der Waals surface area contributed by atoms with Crippen molar-refractivity contribution in [2.45, 2.75) is 20.8 Å². The van der Waals surface area contributed by atoms with E-state index >= 15 is 0 Å². The topological polar surface area (TPSA) is 72.2 Å². The largest absolute Gasteiger partial charge is 0.319 e. The van der Waals surface area contributed by atoms with Crippen molar-refractivity contribution in [1.29, 1.82) is 0 Å². The molecule has 1 aromatic carbocycles. The van der Waals surface area contributed by atoms with Crippen molar-refractivity contribution in [2.75, 3.05) is 5.32 Å². The minimum Gasteiger partial charge on any atom is -0.319 e. The van der Waals surface area contributed by atoms with Gasteiger partial charge in [-0.2, -0.15) is 4.98 Å². The lowest BCUT2D eigenvalue weighted by atomic mass is 10.2. The van der Waals surface area contributed by atoms with E-state index in [4.69, 9.17) is 11.6 Å². The molecule has 6 nitrogen and oxygen atoms in total. The van der Waals surface area contributed by atoms with Crippen LogP contribution in [0.4, 0.5) is 5.69 Å². The average Bonchev–Trinajstić information content (AvgIpc) is 2.87. The number of nitrogens with one attached hydrogen (secondary N) is 1. The highest BCUT2D eigenvalue weighted by Gasteiger charge is 2.15. The van der Waals surface area contributed by atoms with Gasteiger partial charge in [0.05, 0.1) is 0 Å². The first-order valence-electron chi connectivity index (χ1n) is 6.72. The van der Waals surface area contributed by atoms with E-state index in [2.05, 4.69) is 20.4 Å². The van der Waals surface area contributed by atoms with E-state index in [0.717, 1.165) is 17.0 Å². The minimum atomic E-state index is -0.400. The number of nitrogens with zero attached hydrogens (tertiary/aromatic N) is 4. The van der Waals surface area contributed by atoms with E-state index in [1.807, 2.05) is 32.9 Å². The summed E-state index contributed by atoms with van der Waals surface area (Å²) in [4.78, 5) is 20.7. The molecular weight excluding hydrogens is 302 g/mol. The van der Waals surface area contributed by atoms with Gasteiger partial charge in [0.1, 0.15) is 0 Å². The Morgan fingerprint density at radius 3 is 2.68 bits per heavy atom. The lowest BCUT2D eigenvalue weighted by Gasteiger charge is -2.04. The third-order valence-corrected chi connectivity index (χ3v) is 3.66. The fraction of sp³-hybridized carbons (Fsp3) is 0.200. The molecule has 3 aromatic rings. The van der Waals surface area contributed by atoms with Gasteiger partial charge in [-0.15, -0.1) is 5.10 Å². The Labute approximate surface area is 132 Å². The highest BCUT2D eigenvalue weighted by Crippen LogP contribution is 2.20. The fourth-order valence-corrected chi connectivity index (χ4v) is 2.30. The molecule has 3 rings (SSSR count).